The third-order valence-electron chi connectivity index (χ3n) is 3.15. The molecule has 0 spiro atoms. The quantitative estimate of drug-likeness (QED) is 0.837. The topological polar surface area (TPSA) is 68.7 Å². The van der Waals surface area contributed by atoms with Gasteiger partial charge in [-0.05, 0) is 0 Å². The van der Waals surface area contributed by atoms with Crippen molar-refractivity contribution in [2.75, 3.05) is 20.3 Å². The Morgan fingerprint density at radius 1 is 1.32 bits per heavy atom. The molecule has 1 aromatic carbocycles. The van der Waals surface area contributed by atoms with Gasteiger partial charge in [0.25, 0.3) is 0 Å². The molecule has 9 heteroatoms. The third kappa shape index (κ3) is 2.91. The van der Waals surface area contributed by atoms with Gasteiger partial charge in [-0.2, -0.15) is 4.31 Å². The highest BCUT2D eigenvalue weighted by Crippen LogP contribution is 2.38. The Hall–Kier alpha value is -1.35. The van der Waals surface area contributed by atoms with Crippen LogP contribution in [0.2, 0.25) is 5.02 Å². The van der Waals surface area contributed by atoms with Gasteiger partial charge in [0.05, 0.1) is 22.8 Å². The van der Waals surface area contributed by atoms with E-state index in [1.807, 2.05) is 0 Å². The Morgan fingerprint density at radius 3 is 2.64 bits per heavy atom. The first-order valence-electron chi connectivity index (χ1n) is 6.41. The van der Waals surface area contributed by atoms with Crippen molar-refractivity contribution in [2.24, 2.45) is 0 Å². The molecule has 0 saturated heterocycles. The van der Waals surface area contributed by atoms with Crippen molar-refractivity contribution in [1.29, 1.82) is 0 Å². The predicted octanol–water partition coefficient (Wildman–Crippen LogP) is 2.39. The van der Waals surface area contributed by atoms with E-state index in [9.17, 15) is 8.42 Å². The van der Waals surface area contributed by atoms with E-state index in [1.165, 1.54) is 34.8 Å². The summed E-state index contributed by atoms with van der Waals surface area (Å²) in [4.78, 5) is 4.09. The lowest BCUT2D eigenvalue weighted by molar-refractivity contribution is 0.171. The molecule has 0 aliphatic carbocycles. The van der Waals surface area contributed by atoms with Crippen LogP contribution in [0.1, 0.15) is 5.69 Å². The van der Waals surface area contributed by atoms with Crippen LogP contribution >= 0.6 is 22.9 Å². The van der Waals surface area contributed by atoms with E-state index >= 15 is 0 Å². The molecule has 1 aliphatic rings. The average molecular weight is 361 g/mol. The minimum Gasteiger partial charge on any atom is -0.486 e. The maximum Gasteiger partial charge on any atom is 0.244 e. The molecular weight excluding hydrogens is 348 g/mol. The molecule has 0 saturated carbocycles. The van der Waals surface area contributed by atoms with Crippen LogP contribution in [0.5, 0.6) is 11.5 Å². The largest absolute Gasteiger partial charge is 0.486 e. The number of sulfonamides is 1. The summed E-state index contributed by atoms with van der Waals surface area (Å²) in [6, 6.07) is 2.88. The lowest BCUT2D eigenvalue weighted by atomic mass is 10.3. The molecule has 0 bridgehead atoms. The first-order chi connectivity index (χ1) is 10.5. The van der Waals surface area contributed by atoms with E-state index in [0.29, 0.717) is 30.4 Å². The summed E-state index contributed by atoms with van der Waals surface area (Å²) in [5.41, 5.74) is 2.34. The number of fused-ring (bicyclic) bond motifs is 1. The van der Waals surface area contributed by atoms with E-state index in [4.69, 9.17) is 21.1 Å². The van der Waals surface area contributed by atoms with Crippen LogP contribution in [0, 0.1) is 0 Å². The fraction of sp³-hybridized carbons (Fsp3) is 0.308. The van der Waals surface area contributed by atoms with Gasteiger partial charge in [0.15, 0.2) is 11.5 Å². The van der Waals surface area contributed by atoms with E-state index in [0.717, 1.165) is 0 Å². The maximum atomic E-state index is 12.7. The monoisotopic (exact) mass is 360 g/mol. The Balaban J connectivity index is 1.94. The smallest absolute Gasteiger partial charge is 0.244 e. The second-order valence-electron chi connectivity index (χ2n) is 4.67. The standard InChI is InChI=1S/C13H13ClN2O4S2/c1-16(6-9-7-21-8-15-9)22(17,18)13-5-12-11(4-10(13)14)19-2-3-20-12/h4-5,7-8H,2-3,6H2,1H3. The normalized spacial score (nSPS) is 14.3. The van der Waals surface area contributed by atoms with Crippen molar-refractivity contribution < 1.29 is 17.9 Å². The Labute approximate surface area is 137 Å². The van der Waals surface area contributed by atoms with Crippen molar-refractivity contribution in [3.63, 3.8) is 0 Å². The van der Waals surface area contributed by atoms with Crippen molar-refractivity contribution in [3.8, 4) is 11.5 Å². The summed E-state index contributed by atoms with van der Waals surface area (Å²) in [6.07, 6.45) is 0. The summed E-state index contributed by atoms with van der Waals surface area (Å²) in [6.45, 7) is 0.971. The van der Waals surface area contributed by atoms with Gasteiger partial charge in [-0.1, -0.05) is 11.6 Å². The minimum absolute atomic E-state index is 0.00357. The number of halogens is 1. The van der Waals surface area contributed by atoms with Gasteiger partial charge < -0.3 is 9.47 Å². The highest BCUT2D eigenvalue weighted by Gasteiger charge is 2.27. The second-order valence-corrected chi connectivity index (χ2v) is 7.81. The van der Waals surface area contributed by atoms with Gasteiger partial charge in [-0.25, -0.2) is 13.4 Å². The van der Waals surface area contributed by atoms with Crippen molar-refractivity contribution in [3.05, 3.63) is 33.7 Å². The van der Waals surface area contributed by atoms with Gasteiger partial charge in [-0.15, -0.1) is 11.3 Å². The van der Waals surface area contributed by atoms with Crippen molar-refractivity contribution in [1.82, 2.24) is 9.29 Å². The van der Waals surface area contributed by atoms with Crippen molar-refractivity contribution >= 4 is 33.0 Å². The van der Waals surface area contributed by atoms with Crippen LogP contribution in [0.25, 0.3) is 0 Å². The third-order valence-corrected chi connectivity index (χ3v) is 6.06. The van der Waals surface area contributed by atoms with Crippen LogP contribution in [0.4, 0.5) is 0 Å². The zero-order valence-electron chi connectivity index (χ0n) is 11.7. The molecule has 6 nitrogen and oxygen atoms in total. The number of hydrogen-bond acceptors (Lipinski definition) is 6. The first kappa shape index (κ1) is 15.5. The Morgan fingerprint density at radius 2 is 2.00 bits per heavy atom. The molecule has 22 heavy (non-hydrogen) atoms. The first-order valence-corrected chi connectivity index (χ1v) is 9.17. The van der Waals surface area contributed by atoms with E-state index in [1.54, 1.807) is 10.9 Å². The van der Waals surface area contributed by atoms with E-state index in [2.05, 4.69) is 4.98 Å². The van der Waals surface area contributed by atoms with Gasteiger partial charge in [0.1, 0.15) is 18.1 Å². The molecule has 2 aromatic rings. The molecular formula is C13H13ClN2O4S2. The number of aromatic nitrogens is 1. The Kier molecular flexibility index (Phi) is 4.26. The molecule has 0 amide bonds. The fourth-order valence-corrected chi connectivity index (χ4v) is 4.23. The highest BCUT2D eigenvalue weighted by molar-refractivity contribution is 7.89. The van der Waals surface area contributed by atoms with E-state index < -0.39 is 10.0 Å². The predicted molar refractivity (Wildman–Crippen MR) is 83.2 cm³/mol. The summed E-state index contributed by atoms with van der Waals surface area (Å²) in [5.74, 6) is 0.841. The fourth-order valence-electron chi connectivity index (χ4n) is 2.04. The minimum atomic E-state index is -3.75. The summed E-state index contributed by atoms with van der Waals surface area (Å²) >= 11 is 7.53. The zero-order chi connectivity index (χ0) is 15.7. The molecule has 1 aromatic heterocycles. The van der Waals surface area contributed by atoms with Gasteiger partial charge in [0, 0.05) is 24.6 Å². The molecule has 0 fully saturated rings. The lowest BCUT2D eigenvalue weighted by Gasteiger charge is -2.22. The van der Waals surface area contributed by atoms with Gasteiger partial charge in [-0.3, -0.25) is 0 Å². The number of benzene rings is 1. The molecule has 0 atom stereocenters. The average Bonchev–Trinajstić information content (AvgIpc) is 2.99. The molecule has 1 aliphatic heterocycles. The molecule has 3 rings (SSSR count). The number of hydrogen-bond donors (Lipinski definition) is 0. The lowest BCUT2D eigenvalue weighted by Crippen LogP contribution is -2.27. The van der Waals surface area contributed by atoms with Gasteiger partial charge >= 0.3 is 0 Å². The molecule has 118 valence electrons. The molecule has 0 unspecified atom stereocenters. The number of rotatable bonds is 4. The van der Waals surface area contributed by atoms with Crippen LogP contribution in [0.3, 0.4) is 0 Å². The summed E-state index contributed by atoms with van der Waals surface area (Å²) in [5, 5.41) is 1.91. The molecule has 2 heterocycles. The van der Waals surface area contributed by atoms with E-state index in [-0.39, 0.29) is 16.5 Å². The van der Waals surface area contributed by atoms with Crippen molar-refractivity contribution in [2.45, 2.75) is 11.4 Å². The van der Waals surface area contributed by atoms with Crippen LogP contribution in [-0.2, 0) is 16.6 Å². The molecule has 0 radical (unpaired) electrons. The van der Waals surface area contributed by atoms with Crippen LogP contribution in [-0.4, -0.2) is 38.0 Å². The highest BCUT2D eigenvalue weighted by atomic mass is 35.5. The SMILES string of the molecule is CN(Cc1cscn1)S(=O)(=O)c1cc2c(cc1Cl)OCCO2. The van der Waals surface area contributed by atoms with Crippen LogP contribution < -0.4 is 9.47 Å². The second kappa shape index (κ2) is 6.04. The Bertz CT molecular complexity index is 778. The number of thiazole rings is 1. The summed E-state index contributed by atoms with van der Waals surface area (Å²) < 4.78 is 37.4. The zero-order valence-corrected chi connectivity index (χ0v) is 14.0. The molecule has 0 N–H and O–H groups in total. The summed E-state index contributed by atoms with van der Waals surface area (Å²) in [7, 11) is -2.26. The number of ether oxygens (including phenoxy) is 2. The maximum absolute atomic E-state index is 12.7. The number of nitrogens with zero attached hydrogens (tertiary/aromatic N) is 2. The van der Waals surface area contributed by atoms with Crippen LogP contribution in [0.15, 0.2) is 27.9 Å². The van der Waals surface area contributed by atoms with Gasteiger partial charge in [0.2, 0.25) is 10.0 Å².